The highest BCUT2D eigenvalue weighted by Gasteiger charge is 2.13. The molecule has 0 saturated carbocycles. The number of hydrogen-bond acceptors (Lipinski definition) is 5. The van der Waals surface area contributed by atoms with E-state index in [4.69, 9.17) is 4.74 Å². The zero-order valence-corrected chi connectivity index (χ0v) is 16.4. The summed E-state index contributed by atoms with van der Waals surface area (Å²) in [4.78, 5) is 29.5. The van der Waals surface area contributed by atoms with Crippen LogP contribution < -0.4 is 15.6 Å². The lowest BCUT2D eigenvalue weighted by Crippen LogP contribution is -2.24. The van der Waals surface area contributed by atoms with Crippen molar-refractivity contribution >= 4 is 34.3 Å². The quantitative estimate of drug-likeness (QED) is 0.483. The van der Waals surface area contributed by atoms with Gasteiger partial charge in [0.15, 0.2) is 16.7 Å². The number of halogens is 1. The molecule has 0 aliphatic carbocycles. The summed E-state index contributed by atoms with van der Waals surface area (Å²) < 4.78 is 20.2. The van der Waals surface area contributed by atoms with Gasteiger partial charge in [-0.25, -0.2) is 9.37 Å². The normalized spacial score (nSPS) is 10.8. The van der Waals surface area contributed by atoms with Gasteiger partial charge in [0.1, 0.15) is 0 Å². The molecule has 6 nitrogen and oxygen atoms in total. The van der Waals surface area contributed by atoms with Crippen molar-refractivity contribution in [2.24, 2.45) is 0 Å². The largest absolute Gasteiger partial charge is 0.494 e. The number of ether oxygens (including phenoxy) is 1. The maximum absolute atomic E-state index is 13.8. The first kappa shape index (κ1) is 19.9. The molecule has 0 unspecified atom stereocenters. The maximum atomic E-state index is 13.8. The highest BCUT2D eigenvalue weighted by atomic mass is 32.2. The molecule has 28 heavy (non-hydrogen) atoms. The van der Waals surface area contributed by atoms with Crippen LogP contribution in [0, 0.1) is 5.82 Å². The lowest BCUT2D eigenvalue weighted by atomic mass is 10.2. The van der Waals surface area contributed by atoms with Gasteiger partial charge in [-0.1, -0.05) is 30.8 Å². The fourth-order valence-electron chi connectivity index (χ4n) is 2.75. The minimum atomic E-state index is -0.555. The molecule has 2 aromatic carbocycles. The number of hydrogen-bond donors (Lipinski definition) is 1. The molecule has 3 rings (SSSR count). The molecule has 0 aliphatic heterocycles. The number of carbonyl (C=O) groups is 1. The molecule has 1 heterocycles. The van der Waals surface area contributed by atoms with Crippen LogP contribution in [-0.2, 0) is 11.3 Å². The number of thioether (sulfide) groups is 1. The summed E-state index contributed by atoms with van der Waals surface area (Å²) in [6.07, 6.45) is 0.769. The van der Waals surface area contributed by atoms with Gasteiger partial charge in [0.25, 0.3) is 5.56 Å². The summed E-state index contributed by atoms with van der Waals surface area (Å²) in [6.45, 7) is 2.49. The molecule has 1 aromatic heterocycles. The van der Waals surface area contributed by atoms with E-state index in [2.05, 4.69) is 10.3 Å². The molecule has 3 aromatic rings. The van der Waals surface area contributed by atoms with Crippen LogP contribution in [0.5, 0.6) is 5.75 Å². The standard InChI is InChI=1S/C20H20FN3O3S/c1-3-10-24-19(26)14-6-4-5-7-16(14)23-20(24)28-12-18(25)22-13-8-9-17(27-2)15(21)11-13/h4-9,11H,3,10,12H2,1-2H3,(H,22,25). The molecular formula is C20H20FN3O3S. The Balaban J connectivity index is 1.77. The van der Waals surface area contributed by atoms with Crippen LogP contribution in [0.2, 0.25) is 0 Å². The second-order valence-corrected chi connectivity index (χ2v) is 7.00. The highest BCUT2D eigenvalue weighted by Crippen LogP contribution is 2.22. The van der Waals surface area contributed by atoms with Gasteiger partial charge in [0, 0.05) is 18.3 Å². The first-order chi connectivity index (χ1) is 13.5. The highest BCUT2D eigenvalue weighted by molar-refractivity contribution is 7.99. The van der Waals surface area contributed by atoms with Gasteiger partial charge in [-0.05, 0) is 30.7 Å². The number of rotatable bonds is 7. The Morgan fingerprint density at radius 3 is 2.79 bits per heavy atom. The van der Waals surface area contributed by atoms with E-state index in [1.54, 1.807) is 28.8 Å². The number of benzene rings is 2. The third-order valence-electron chi connectivity index (χ3n) is 4.04. The van der Waals surface area contributed by atoms with Crippen molar-refractivity contribution in [2.45, 2.75) is 25.0 Å². The fraction of sp³-hybridized carbons (Fsp3) is 0.250. The second kappa shape index (κ2) is 8.88. The van der Waals surface area contributed by atoms with Crippen LogP contribution in [-0.4, -0.2) is 28.3 Å². The van der Waals surface area contributed by atoms with Gasteiger partial charge in [0.2, 0.25) is 5.91 Å². The summed E-state index contributed by atoms with van der Waals surface area (Å²) in [7, 11) is 1.37. The van der Waals surface area contributed by atoms with Crippen molar-refractivity contribution in [1.82, 2.24) is 9.55 Å². The minimum absolute atomic E-state index is 0.0438. The van der Waals surface area contributed by atoms with E-state index < -0.39 is 5.82 Å². The van der Waals surface area contributed by atoms with Crippen molar-refractivity contribution in [3.8, 4) is 5.75 Å². The topological polar surface area (TPSA) is 73.2 Å². The number of amides is 1. The number of anilines is 1. The Morgan fingerprint density at radius 2 is 2.07 bits per heavy atom. The third-order valence-corrected chi connectivity index (χ3v) is 5.02. The van der Waals surface area contributed by atoms with E-state index in [0.717, 1.165) is 6.42 Å². The SMILES string of the molecule is CCCn1c(SCC(=O)Nc2ccc(OC)c(F)c2)nc2ccccc2c1=O. The predicted octanol–water partition coefficient (Wildman–Crippen LogP) is 3.69. The van der Waals surface area contributed by atoms with Crippen LogP contribution in [0.15, 0.2) is 52.4 Å². The lowest BCUT2D eigenvalue weighted by molar-refractivity contribution is -0.113. The summed E-state index contributed by atoms with van der Waals surface area (Å²) >= 11 is 1.18. The Hall–Kier alpha value is -2.87. The molecule has 0 atom stereocenters. The molecule has 0 bridgehead atoms. The molecule has 0 spiro atoms. The molecule has 0 saturated heterocycles. The van der Waals surface area contributed by atoms with E-state index >= 15 is 0 Å². The lowest BCUT2D eigenvalue weighted by Gasteiger charge is -2.12. The van der Waals surface area contributed by atoms with Gasteiger partial charge in [0.05, 0.1) is 23.8 Å². The number of fused-ring (bicyclic) bond motifs is 1. The first-order valence-electron chi connectivity index (χ1n) is 8.79. The number of aromatic nitrogens is 2. The molecule has 1 amide bonds. The zero-order valence-electron chi connectivity index (χ0n) is 15.6. The van der Waals surface area contributed by atoms with Crippen molar-refractivity contribution in [2.75, 3.05) is 18.2 Å². The van der Waals surface area contributed by atoms with E-state index in [0.29, 0.717) is 28.3 Å². The van der Waals surface area contributed by atoms with Gasteiger partial charge < -0.3 is 10.1 Å². The number of nitrogens with one attached hydrogen (secondary N) is 1. The zero-order chi connectivity index (χ0) is 20.1. The number of nitrogens with zero attached hydrogens (tertiary/aromatic N) is 2. The van der Waals surface area contributed by atoms with Crippen molar-refractivity contribution in [3.05, 3.63) is 58.6 Å². The third kappa shape index (κ3) is 4.33. The molecule has 0 aliphatic rings. The van der Waals surface area contributed by atoms with Crippen LogP contribution in [0.1, 0.15) is 13.3 Å². The van der Waals surface area contributed by atoms with E-state index in [-0.39, 0.29) is 23.0 Å². The van der Waals surface area contributed by atoms with Crippen molar-refractivity contribution in [1.29, 1.82) is 0 Å². The summed E-state index contributed by atoms with van der Waals surface area (Å²) in [6, 6.07) is 11.3. The van der Waals surface area contributed by atoms with E-state index in [1.807, 2.05) is 13.0 Å². The number of methoxy groups -OCH3 is 1. The van der Waals surface area contributed by atoms with Crippen LogP contribution in [0.3, 0.4) is 0 Å². The Bertz CT molecular complexity index is 1070. The summed E-state index contributed by atoms with van der Waals surface area (Å²) in [5.41, 5.74) is 0.814. The summed E-state index contributed by atoms with van der Waals surface area (Å²) in [5.74, 6) is -0.723. The van der Waals surface area contributed by atoms with Gasteiger partial charge in [-0.15, -0.1) is 0 Å². The Morgan fingerprint density at radius 1 is 1.29 bits per heavy atom. The van der Waals surface area contributed by atoms with Gasteiger partial charge >= 0.3 is 0 Å². The van der Waals surface area contributed by atoms with Crippen LogP contribution in [0.25, 0.3) is 10.9 Å². The number of para-hydroxylation sites is 1. The van der Waals surface area contributed by atoms with E-state index in [9.17, 15) is 14.0 Å². The molecule has 146 valence electrons. The molecule has 1 N–H and O–H groups in total. The molecule has 0 radical (unpaired) electrons. The summed E-state index contributed by atoms with van der Waals surface area (Å²) in [5, 5.41) is 3.68. The van der Waals surface area contributed by atoms with Crippen molar-refractivity contribution in [3.63, 3.8) is 0 Å². The van der Waals surface area contributed by atoms with Gasteiger partial charge in [-0.2, -0.15) is 0 Å². The molecule has 0 fully saturated rings. The van der Waals surface area contributed by atoms with Crippen molar-refractivity contribution < 1.29 is 13.9 Å². The average molecular weight is 401 g/mol. The monoisotopic (exact) mass is 401 g/mol. The fourth-order valence-corrected chi connectivity index (χ4v) is 3.58. The number of carbonyl (C=O) groups excluding carboxylic acids is 1. The van der Waals surface area contributed by atoms with Crippen LogP contribution >= 0.6 is 11.8 Å². The molecule has 8 heteroatoms. The minimum Gasteiger partial charge on any atom is -0.494 e. The molecular weight excluding hydrogens is 381 g/mol. The van der Waals surface area contributed by atoms with Crippen LogP contribution in [0.4, 0.5) is 10.1 Å². The average Bonchev–Trinajstić information content (AvgIpc) is 2.69. The Labute approximate surface area is 165 Å². The predicted molar refractivity (Wildman–Crippen MR) is 109 cm³/mol. The Kier molecular flexibility index (Phi) is 6.30. The van der Waals surface area contributed by atoms with Gasteiger partial charge in [-0.3, -0.25) is 14.2 Å². The van der Waals surface area contributed by atoms with E-state index in [1.165, 1.54) is 31.0 Å². The first-order valence-corrected chi connectivity index (χ1v) is 9.77. The maximum Gasteiger partial charge on any atom is 0.262 e. The second-order valence-electron chi connectivity index (χ2n) is 6.05. The smallest absolute Gasteiger partial charge is 0.262 e.